The molecule has 0 bridgehead atoms. The molecular formula is C35H42N4O3. The summed E-state index contributed by atoms with van der Waals surface area (Å²) in [6, 6.07) is 30.7. The molecule has 2 unspecified atom stereocenters. The third kappa shape index (κ3) is 6.84. The van der Waals surface area contributed by atoms with Gasteiger partial charge in [0.1, 0.15) is 6.17 Å². The van der Waals surface area contributed by atoms with Gasteiger partial charge in [0.15, 0.2) is 0 Å². The van der Waals surface area contributed by atoms with Crippen LogP contribution in [0.15, 0.2) is 91.0 Å². The SMILES string of the molecule is CC(C)C1CN2C(=O)CCN(C(=O)NCCC(c3ccccc3)c3ccccc3)C2CN(CCc2ccccc2)C1=O. The van der Waals surface area contributed by atoms with Crippen LogP contribution in [0.3, 0.4) is 0 Å². The lowest BCUT2D eigenvalue weighted by Gasteiger charge is -2.43. The van der Waals surface area contributed by atoms with Gasteiger partial charge in [-0.05, 0) is 35.4 Å². The Morgan fingerprint density at radius 2 is 1.45 bits per heavy atom. The Morgan fingerprint density at radius 3 is 2.05 bits per heavy atom. The minimum absolute atomic E-state index is 0.0145. The van der Waals surface area contributed by atoms with Crippen molar-refractivity contribution in [3.05, 3.63) is 108 Å². The molecule has 3 aromatic carbocycles. The van der Waals surface area contributed by atoms with E-state index in [0.717, 1.165) is 18.4 Å². The Balaban J connectivity index is 1.30. The van der Waals surface area contributed by atoms with E-state index >= 15 is 0 Å². The fraction of sp³-hybridized carbons (Fsp3) is 0.400. The lowest BCUT2D eigenvalue weighted by atomic mass is 9.88. The zero-order valence-electron chi connectivity index (χ0n) is 24.7. The third-order valence-corrected chi connectivity index (χ3v) is 8.70. The standard InChI is InChI=1S/C35H42N4O3/c1-26(2)31-24-39-32(25-37(34(31)41)22-19-27-12-6-3-7-13-27)38(23-20-33(39)40)35(42)36-21-18-30(28-14-8-4-9-15-28)29-16-10-5-11-17-29/h3-17,26,30-32H,18-25H2,1-2H3,(H,36,42). The summed E-state index contributed by atoms with van der Waals surface area (Å²) in [5, 5.41) is 3.15. The molecule has 220 valence electrons. The summed E-state index contributed by atoms with van der Waals surface area (Å²) in [7, 11) is 0. The van der Waals surface area contributed by atoms with E-state index in [0.29, 0.717) is 32.7 Å². The molecule has 0 radical (unpaired) electrons. The molecule has 0 aromatic heterocycles. The number of hydrogen-bond acceptors (Lipinski definition) is 3. The topological polar surface area (TPSA) is 73.0 Å². The van der Waals surface area contributed by atoms with E-state index in [1.165, 1.54) is 11.1 Å². The molecule has 2 heterocycles. The second-order valence-electron chi connectivity index (χ2n) is 11.7. The van der Waals surface area contributed by atoms with Gasteiger partial charge in [-0.3, -0.25) is 9.59 Å². The molecule has 2 aliphatic rings. The Kier molecular flexibility index (Phi) is 9.57. The largest absolute Gasteiger partial charge is 0.338 e. The summed E-state index contributed by atoms with van der Waals surface area (Å²) in [6.45, 7) is 6.13. The molecule has 5 rings (SSSR count). The number of rotatable bonds is 9. The van der Waals surface area contributed by atoms with Gasteiger partial charge < -0.3 is 20.0 Å². The van der Waals surface area contributed by atoms with Gasteiger partial charge in [-0.1, -0.05) is 105 Å². The normalized spacial score (nSPS) is 19.2. The van der Waals surface area contributed by atoms with E-state index in [4.69, 9.17) is 0 Å². The smallest absolute Gasteiger partial charge is 0.319 e. The Hall–Kier alpha value is -4.13. The minimum Gasteiger partial charge on any atom is -0.338 e. The monoisotopic (exact) mass is 566 g/mol. The van der Waals surface area contributed by atoms with E-state index in [1.54, 1.807) is 9.80 Å². The number of fused-ring (bicyclic) bond motifs is 1. The van der Waals surface area contributed by atoms with Crippen LogP contribution in [0.1, 0.15) is 49.3 Å². The first-order valence-corrected chi connectivity index (χ1v) is 15.2. The van der Waals surface area contributed by atoms with Crippen LogP contribution < -0.4 is 5.32 Å². The number of nitrogens with one attached hydrogen (secondary N) is 1. The van der Waals surface area contributed by atoms with Crippen LogP contribution in [0.4, 0.5) is 4.79 Å². The molecule has 2 aliphatic heterocycles. The Bertz CT molecular complexity index is 1290. The number of amides is 4. The molecule has 42 heavy (non-hydrogen) atoms. The molecule has 7 heteroatoms. The fourth-order valence-electron chi connectivity index (χ4n) is 6.24. The van der Waals surface area contributed by atoms with Crippen LogP contribution in [0.25, 0.3) is 0 Å². The van der Waals surface area contributed by atoms with Crippen molar-refractivity contribution in [1.82, 2.24) is 20.0 Å². The van der Waals surface area contributed by atoms with Crippen LogP contribution >= 0.6 is 0 Å². The van der Waals surface area contributed by atoms with E-state index in [-0.39, 0.29) is 42.0 Å². The predicted molar refractivity (Wildman–Crippen MR) is 165 cm³/mol. The van der Waals surface area contributed by atoms with E-state index in [1.807, 2.05) is 73.3 Å². The second kappa shape index (κ2) is 13.7. The summed E-state index contributed by atoms with van der Waals surface area (Å²) in [5.41, 5.74) is 3.58. The first-order chi connectivity index (χ1) is 20.4. The molecule has 2 atom stereocenters. The number of hydrogen-bond donors (Lipinski definition) is 1. The average molecular weight is 567 g/mol. The summed E-state index contributed by atoms with van der Waals surface area (Å²) >= 11 is 0. The Morgan fingerprint density at radius 1 is 0.857 bits per heavy atom. The van der Waals surface area contributed by atoms with Gasteiger partial charge in [0.25, 0.3) is 0 Å². The average Bonchev–Trinajstić information content (AvgIpc) is 3.16. The van der Waals surface area contributed by atoms with Crippen molar-refractivity contribution in [2.45, 2.75) is 45.2 Å². The molecule has 2 fully saturated rings. The zero-order chi connectivity index (χ0) is 29.5. The van der Waals surface area contributed by atoms with E-state index in [9.17, 15) is 14.4 Å². The fourth-order valence-corrected chi connectivity index (χ4v) is 6.24. The van der Waals surface area contributed by atoms with Gasteiger partial charge in [0.05, 0.1) is 12.5 Å². The third-order valence-electron chi connectivity index (χ3n) is 8.70. The number of carbonyl (C=O) groups is 3. The van der Waals surface area contributed by atoms with Gasteiger partial charge in [-0.15, -0.1) is 0 Å². The molecular weight excluding hydrogens is 524 g/mol. The maximum absolute atomic E-state index is 13.7. The lowest BCUT2D eigenvalue weighted by Crippen LogP contribution is -2.62. The van der Waals surface area contributed by atoms with Gasteiger partial charge in [0, 0.05) is 38.5 Å². The van der Waals surface area contributed by atoms with Crippen LogP contribution in [0.2, 0.25) is 0 Å². The number of benzene rings is 3. The highest BCUT2D eigenvalue weighted by Crippen LogP contribution is 2.29. The van der Waals surface area contributed by atoms with Crippen LogP contribution in [-0.4, -0.2) is 71.4 Å². The first-order valence-electron chi connectivity index (χ1n) is 15.2. The van der Waals surface area contributed by atoms with Gasteiger partial charge >= 0.3 is 6.03 Å². The van der Waals surface area contributed by atoms with Gasteiger partial charge in [-0.2, -0.15) is 0 Å². The quantitative estimate of drug-likeness (QED) is 0.390. The van der Waals surface area contributed by atoms with E-state index in [2.05, 4.69) is 41.7 Å². The molecule has 0 saturated carbocycles. The molecule has 3 aromatic rings. The summed E-state index contributed by atoms with van der Waals surface area (Å²) < 4.78 is 0. The van der Waals surface area contributed by atoms with Crippen LogP contribution in [0, 0.1) is 11.8 Å². The summed E-state index contributed by atoms with van der Waals surface area (Å²) in [4.78, 5) is 46.0. The first kappa shape index (κ1) is 29.4. The minimum atomic E-state index is -0.478. The molecule has 1 N–H and O–H groups in total. The summed E-state index contributed by atoms with van der Waals surface area (Å²) in [6.07, 6.45) is 1.26. The zero-order valence-corrected chi connectivity index (χ0v) is 24.7. The maximum Gasteiger partial charge on any atom is 0.319 e. The molecule has 4 amide bonds. The Labute approximate surface area is 249 Å². The van der Waals surface area contributed by atoms with Crippen LogP contribution in [0.5, 0.6) is 0 Å². The molecule has 0 aliphatic carbocycles. The van der Waals surface area contributed by atoms with Crippen molar-refractivity contribution >= 4 is 17.8 Å². The molecule has 7 nitrogen and oxygen atoms in total. The van der Waals surface area contributed by atoms with Crippen molar-refractivity contribution in [3.63, 3.8) is 0 Å². The van der Waals surface area contributed by atoms with Crippen molar-refractivity contribution < 1.29 is 14.4 Å². The summed E-state index contributed by atoms with van der Waals surface area (Å²) in [5.74, 6) is 0.0243. The van der Waals surface area contributed by atoms with Crippen molar-refractivity contribution in [2.75, 3.05) is 32.7 Å². The predicted octanol–water partition coefficient (Wildman–Crippen LogP) is 5.14. The van der Waals surface area contributed by atoms with Crippen LogP contribution in [-0.2, 0) is 16.0 Å². The highest BCUT2D eigenvalue weighted by atomic mass is 16.2. The molecule has 2 saturated heterocycles. The van der Waals surface area contributed by atoms with E-state index < -0.39 is 6.17 Å². The lowest BCUT2D eigenvalue weighted by molar-refractivity contribution is -0.142. The highest BCUT2D eigenvalue weighted by Gasteiger charge is 2.44. The second-order valence-corrected chi connectivity index (χ2v) is 11.7. The maximum atomic E-state index is 13.7. The van der Waals surface area contributed by atoms with Gasteiger partial charge in [0.2, 0.25) is 11.8 Å². The van der Waals surface area contributed by atoms with Crippen molar-refractivity contribution in [2.24, 2.45) is 11.8 Å². The number of carbonyl (C=O) groups excluding carboxylic acids is 3. The number of nitrogens with zero attached hydrogens (tertiary/aromatic N) is 3. The highest BCUT2D eigenvalue weighted by molar-refractivity contribution is 5.85. The number of urea groups is 1. The van der Waals surface area contributed by atoms with Crippen molar-refractivity contribution in [3.8, 4) is 0 Å². The molecule has 0 spiro atoms. The van der Waals surface area contributed by atoms with Crippen molar-refractivity contribution in [1.29, 1.82) is 0 Å². The van der Waals surface area contributed by atoms with Gasteiger partial charge in [-0.25, -0.2) is 4.79 Å².